The number of carbonyl (C=O) groups is 2. The number of nitrogens with one attached hydrogen (secondary N) is 1. The van der Waals surface area contributed by atoms with Gasteiger partial charge in [0.1, 0.15) is 5.75 Å². The lowest BCUT2D eigenvalue weighted by Gasteiger charge is -2.33. The maximum atomic E-state index is 12.6. The first-order valence-electron chi connectivity index (χ1n) is 12.1. The van der Waals surface area contributed by atoms with Crippen molar-refractivity contribution in [1.82, 2.24) is 15.1 Å². The number of hydrogen-bond donors (Lipinski definition) is 1. The molecule has 1 N–H and O–H groups in total. The highest BCUT2D eigenvalue weighted by molar-refractivity contribution is 5.88. The number of nitrogens with zero attached hydrogens (tertiary/aromatic N) is 2. The Morgan fingerprint density at radius 2 is 1.79 bits per heavy atom. The van der Waals surface area contributed by atoms with Crippen molar-refractivity contribution in [1.29, 1.82) is 0 Å². The van der Waals surface area contributed by atoms with E-state index in [1.165, 1.54) is 0 Å². The minimum Gasteiger partial charge on any atom is -0.493 e. The summed E-state index contributed by atoms with van der Waals surface area (Å²) in [6.07, 6.45) is 2.63. The van der Waals surface area contributed by atoms with Crippen molar-refractivity contribution in [2.75, 3.05) is 46.9 Å². The van der Waals surface area contributed by atoms with Gasteiger partial charge in [-0.2, -0.15) is 0 Å². The average Bonchev–Trinajstić information content (AvgIpc) is 2.79. The van der Waals surface area contributed by atoms with Gasteiger partial charge in [0.25, 0.3) is 0 Å². The van der Waals surface area contributed by atoms with Gasteiger partial charge in [0.05, 0.1) is 6.61 Å². The molecule has 33 heavy (non-hydrogen) atoms. The summed E-state index contributed by atoms with van der Waals surface area (Å²) >= 11 is 0. The van der Waals surface area contributed by atoms with Gasteiger partial charge in [0.15, 0.2) is 0 Å². The zero-order chi connectivity index (χ0) is 23.8. The third-order valence-corrected chi connectivity index (χ3v) is 6.25. The highest BCUT2D eigenvalue weighted by atomic mass is 16.5. The molecule has 0 unspecified atom stereocenters. The molecule has 0 saturated carbocycles. The summed E-state index contributed by atoms with van der Waals surface area (Å²) in [7, 11) is 4.10. The van der Waals surface area contributed by atoms with Gasteiger partial charge < -0.3 is 19.9 Å². The maximum Gasteiger partial charge on any atom is 0.223 e. The molecule has 1 heterocycles. The van der Waals surface area contributed by atoms with Crippen molar-refractivity contribution in [2.45, 2.75) is 39.5 Å². The smallest absolute Gasteiger partial charge is 0.223 e. The van der Waals surface area contributed by atoms with Crippen molar-refractivity contribution in [3.63, 3.8) is 0 Å². The lowest BCUT2D eigenvalue weighted by atomic mass is 9.91. The van der Waals surface area contributed by atoms with Gasteiger partial charge in [-0.05, 0) is 50.2 Å². The Morgan fingerprint density at radius 1 is 1.09 bits per heavy atom. The van der Waals surface area contributed by atoms with Crippen molar-refractivity contribution < 1.29 is 14.3 Å². The van der Waals surface area contributed by atoms with E-state index in [2.05, 4.69) is 42.3 Å². The molecule has 1 fully saturated rings. The third kappa shape index (κ3) is 7.46. The fourth-order valence-corrected chi connectivity index (χ4v) is 4.66. The van der Waals surface area contributed by atoms with Gasteiger partial charge in [0.2, 0.25) is 11.8 Å². The molecule has 2 aromatic carbocycles. The van der Waals surface area contributed by atoms with Gasteiger partial charge in [-0.1, -0.05) is 50.2 Å². The van der Waals surface area contributed by atoms with Crippen molar-refractivity contribution in [3.05, 3.63) is 42.5 Å². The van der Waals surface area contributed by atoms with E-state index in [9.17, 15) is 9.59 Å². The lowest BCUT2D eigenvalue weighted by molar-refractivity contribution is -0.135. The van der Waals surface area contributed by atoms with Crippen LogP contribution in [0, 0.1) is 11.3 Å². The standard InChI is InChI=1S/C27H39N3O3/c1-27(2,20-29(3)4)19-28-26(32)22-14-16-30(17-15-22)25(31)13-8-18-33-24-12-7-10-21-9-5-6-11-23(21)24/h5-7,9-12,22H,8,13-20H2,1-4H3,(H,28,32). The van der Waals surface area contributed by atoms with Crippen LogP contribution in [0.2, 0.25) is 0 Å². The summed E-state index contributed by atoms with van der Waals surface area (Å²) < 4.78 is 5.96. The average molecular weight is 454 g/mol. The summed E-state index contributed by atoms with van der Waals surface area (Å²) in [6, 6.07) is 14.2. The zero-order valence-electron chi connectivity index (χ0n) is 20.6. The monoisotopic (exact) mass is 453 g/mol. The summed E-state index contributed by atoms with van der Waals surface area (Å²) in [5, 5.41) is 5.37. The van der Waals surface area contributed by atoms with E-state index >= 15 is 0 Å². The lowest BCUT2D eigenvalue weighted by Crippen LogP contribution is -2.46. The SMILES string of the molecule is CN(C)CC(C)(C)CNC(=O)C1CCN(C(=O)CCCOc2cccc3ccccc23)CC1. The molecular weight excluding hydrogens is 414 g/mol. The number of carbonyl (C=O) groups excluding carboxylic acids is 2. The van der Waals surface area contributed by atoms with Crippen LogP contribution in [0.1, 0.15) is 39.5 Å². The molecular formula is C27H39N3O3. The molecule has 1 aliphatic rings. The topological polar surface area (TPSA) is 61.9 Å². The van der Waals surface area contributed by atoms with E-state index in [0.29, 0.717) is 39.1 Å². The molecule has 6 heteroatoms. The summed E-state index contributed by atoms with van der Waals surface area (Å²) in [6.45, 7) is 7.74. The Balaban J connectivity index is 1.36. The Kier molecular flexibility index (Phi) is 8.73. The van der Waals surface area contributed by atoms with Crippen LogP contribution in [0.3, 0.4) is 0 Å². The molecule has 0 aliphatic carbocycles. The molecule has 3 rings (SSSR count). The Bertz CT molecular complexity index is 928. The second kappa shape index (κ2) is 11.5. The second-order valence-corrected chi connectivity index (χ2v) is 10.2. The number of likely N-dealkylation sites (tertiary alicyclic amines) is 1. The number of benzene rings is 2. The molecule has 0 bridgehead atoms. The number of piperidine rings is 1. The van der Waals surface area contributed by atoms with E-state index in [4.69, 9.17) is 4.74 Å². The first-order chi connectivity index (χ1) is 15.7. The third-order valence-electron chi connectivity index (χ3n) is 6.25. The molecule has 1 saturated heterocycles. The number of rotatable bonds is 10. The van der Waals surface area contributed by atoms with Gasteiger partial charge in [0, 0.05) is 43.9 Å². The van der Waals surface area contributed by atoms with E-state index in [1.807, 2.05) is 43.3 Å². The molecule has 0 radical (unpaired) electrons. The van der Waals surface area contributed by atoms with Gasteiger partial charge in [-0.15, -0.1) is 0 Å². The largest absolute Gasteiger partial charge is 0.493 e. The summed E-state index contributed by atoms with van der Waals surface area (Å²) in [5.74, 6) is 1.14. The molecule has 0 aromatic heterocycles. The quantitative estimate of drug-likeness (QED) is 0.554. The van der Waals surface area contributed by atoms with Gasteiger partial charge in [-0.3, -0.25) is 9.59 Å². The van der Waals surface area contributed by atoms with Crippen LogP contribution in [0.5, 0.6) is 5.75 Å². The van der Waals surface area contributed by atoms with Gasteiger partial charge in [-0.25, -0.2) is 0 Å². The Labute approximate surface area is 198 Å². The maximum absolute atomic E-state index is 12.6. The molecule has 180 valence electrons. The molecule has 0 spiro atoms. The summed E-state index contributed by atoms with van der Waals surface area (Å²) in [4.78, 5) is 29.3. The Morgan fingerprint density at radius 3 is 2.52 bits per heavy atom. The van der Waals surface area contributed by atoms with Crippen LogP contribution in [0.25, 0.3) is 10.8 Å². The van der Waals surface area contributed by atoms with Crippen molar-refractivity contribution in [3.8, 4) is 5.75 Å². The Hall–Kier alpha value is -2.60. The fourth-order valence-electron chi connectivity index (χ4n) is 4.66. The van der Waals surface area contributed by atoms with Crippen LogP contribution >= 0.6 is 0 Å². The normalized spacial score (nSPS) is 15.1. The van der Waals surface area contributed by atoms with Crippen LogP contribution < -0.4 is 10.1 Å². The fraction of sp³-hybridized carbons (Fsp3) is 0.556. The zero-order valence-corrected chi connectivity index (χ0v) is 20.6. The van der Waals surface area contributed by atoms with Gasteiger partial charge >= 0.3 is 0 Å². The second-order valence-electron chi connectivity index (χ2n) is 10.2. The molecule has 2 amide bonds. The van der Waals surface area contributed by atoms with Crippen LogP contribution in [-0.2, 0) is 9.59 Å². The molecule has 2 aromatic rings. The van der Waals surface area contributed by atoms with Crippen LogP contribution in [-0.4, -0.2) is 68.5 Å². The van der Waals surface area contributed by atoms with E-state index in [0.717, 1.165) is 35.9 Å². The first-order valence-corrected chi connectivity index (χ1v) is 12.1. The highest BCUT2D eigenvalue weighted by Gasteiger charge is 2.28. The van der Waals surface area contributed by atoms with E-state index in [-0.39, 0.29) is 23.1 Å². The predicted octanol–water partition coefficient (Wildman–Crippen LogP) is 3.94. The number of hydrogen-bond acceptors (Lipinski definition) is 4. The molecule has 1 aliphatic heterocycles. The summed E-state index contributed by atoms with van der Waals surface area (Å²) in [5.41, 5.74) is 0.0317. The predicted molar refractivity (Wildman–Crippen MR) is 133 cm³/mol. The highest BCUT2D eigenvalue weighted by Crippen LogP contribution is 2.25. The number of ether oxygens (including phenoxy) is 1. The molecule has 0 atom stereocenters. The van der Waals surface area contributed by atoms with E-state index < -0.39 is 0 Å². The minimum absolute atomic E-state index is 0.00102. The number of amides is 2. The van der Waals surface area contributed by atoms with Crippen molar-refractivity contribution in [2.24, 2.45) is 11.3 Å². The van der Waals surface area contributed by atoms with E-state index in [1.54, 1.807) is 0 Å². The molecule has 6 nitrogen and oxygen atoms in total. The minimum atomic E-state index is -0.00102. The van der Waals surface area contributed by atoms with Crippen LogP contribution in [0.4, 0.5) is 0 Å². The first kappa shape index (κ1) is 25.0. The van der Waals surface area contributed by atoms with Crippen molar-refractivity contribution >= 4 is 22.6 Å². The number of fused-ring (bicyclic) bond motifs is 1. The van der Waals surface area contributed by atoms with Crippen LogP contribution in [0.15, 0.2) is 42.5 Å².